The van der Waals surface area contributed by atoms with E-state index in [-0.39, 0.29) is 11.7 Å². The number of hydrogen-bond acceptors (Lipinski definition) is 4. The SMILES string of the molecule is Cc1ccsc1CN(C)C(=O)[C@H](N)Cc1ccc(O)cc1. The Morgan fingerprint density at radius 3 is 2.57 bits per heavy atom. The molecular formula is C16H20N2O2S. The van der Waals surface area contributed by atoms with Gasteiger partial charge in [-0.15, -0.1) is 11.3 Å². The summed E-state index contributed by atoms with van der Waals surface area (Å²) in [6.45, 7) is 2.63. The van der Waals surface area contributed by atoms with Gasteiger partial charge in [0.1, 0.15) is 5.75 Å². The molecule has 0 bridgehead atoms. The van der Waals surface area contributed by atoms with Crippen LogP contribution in [-0.4, -0.2) is 29.0 Å². The average molecular weight is 304 g/mol. The summed E-state index contributed by atoms with van der Waals surface area (Å²) in [4.78, 5) is 15.2. The first-order valence-electron chi connectivity index (χ1n) is 6.79. The van der Waals surface area contributed by atoms with E-state index in [1.807, 2.05) is 12.3 Å². The molecule has 1 aromatic carbocycles. The predicted molar refractivity (Wildman–Crippen MR) is 85.3 cm³/mol. The van der Waals surface area contributed by atoms with Crippen LogP contribution in [0.15, 0.2) is 35.7 Å². The van der Waals surface area contributed by atoms with Crippen LogP contribution in [0, 0.1) is 6.92 Å². The van der Waals surface area contributed by atoms with Crippen molar-refractivity contribution in [1.29, 1.82) is 0 Å². The van der Waals surface area contributed by atoms with Crippen molar-refractivity contribution >= 4 is 17.2 Å². The van der Waals surface area contributed by atoms with Gasteiger partial charge in [0.05, 0.1) is 12.6 Å². The van der Waals surface area contributed by atoms with Gasteiger partial charge in [-0.3, -0.25) is 4.79 Å². The lowest BCUT2D eigenvalue weighted by Gasteiger charge is -2.21. The van der Waals surface area contributed by atoms with Crippen LogP contribution in [0.4, 0.5) is 0 Å². The van der Waals surface area contributed by atoms with Gasteiger partial charge in [0.25, 0.3) is 0 Å². The smallest absolute Gasteiger partial charge is 0.239 e. The van der Waals surface area contributed by atoms with Crippen LogP contribution < -0.4 is 5.73 Å². The van der Waals surface area contributed by atoms with Gasteiger partial charge in [-0.05, 0) is 48.1 Å². The minimum absolute atomic E-state index is 0.0733. The zero-order valence-corrected chi connectivity index (χ0v) is 13.1. The summed E-state index contributed by atoms with van der Waals surface area (Å²) < 4.78 is 0. The molecule has 0 radical (unpaired) electrons. The number of likely N-dealkylation sites (N-methyl/N-ethyl adjacent to an activating group) is 1. The number of thiophene rings is 1. The molecule has 2 rings (SSSR count). The van der Waals surface area contributed by atoms with E-state index < -0.39 is 6.04 Å². The van der Waals surface area contributed by atoms with Crippen molar-refractivity contribution in [2.24, 2.45) is 5.73 Å². The Labute approximate surface area is 128 Å². The number of aromatic hydroxyl groups is 1. The van der Waals surface area contributed by atoms with Crippen LogP contribution >= 0.6 is 11.3 Å². The number of nitrogens with zero attached hydrogens (tertiary/aromatic N) is 1. The van der Waals surface area contributed by atoms with E-state index >= 15 is 0 Å². The lowest BCUT2D eigenvalue weighted by Crippen LogP contribution is -2.42. The topological polar surface area (TPSA) is 66.6 Å². The third-order valence-corrected chi connectivity index (χ3v) is 4.44. The number of carbonyl (C=O) groups excluding carboxylic acids is 1. The Bertz CT molecular complexity index is 607. The summed E-state index contributed by atoms with van der Waals surface area (Å²) in [6, 6.07) is 8.25. The first kappa shape index (κ1) is 15.5. The fourth-order valence-corrected chi connectivity index (χ4v) is 3.07. The number of hydrogen-bond donors (Lipinski definition) is 2. The van der Waals surface area contributed by atoms with Gasteiger partial charge >= 0.3 is 0 Å². The van der Waals surface area contributed by atoms with E-state index in [0.717, 1.165) is 5.56 Å². The molecule has 0 spiro atoms. The third kappa shape index (κ3) is 4.06. The number of amides is 1. The van der Waals surface area contributed by atoms with Gasteiger partial charge in [0.15, 0.2) is 0 Å². The molecule has 5 heteroatoms. The van der Waals surface area contributed by atoms with Crippen molar-refractivity contribution in [1.82, 2.24) is 4.90 Å². The first-order chi connectivity index (χ1) is 9.97. The second kappa shape index (κ2) is 6.74. The molecule has 0 aliphatic carbocycles. The van der Waals surface area contributed by atoms with E-state index in [4.69, 9.17) is 5.73 Å². The second-order valence-electron chi connectivity index (χ2n) is 5.20. The molecule has 1 heterocycles. The van der Waals surface area contributed by atoms with Gasteiger partial charge in [0.2, 0.25) is 5.91 Å². The van der Waals surface area contributed by atoms with Crippen LogP contribution in [0.5, 0.6) is 5.75 Å². The molecule has 0 unspecified atom stereocenters. The van der Waals surface area contributed by atoms with Crippen molar-refractivity contribution < 1.29 is 9.90 Å². The molecule has 0 aliphatic heterocycles. The van der Waals surface area contributed by atoms with Crippen molar-refractivity contribution in [2.75, 3.05) is 7.05 Å². The zero-order valence-electron chi connectivity index (χ0n) is 12.2. The number of phenols is 1. The van der Waals surface area contributed by atoms with E-state index in [1.165, 1.54) is 10.4 Å². The number of phenolic OH excluding ortho intramolecular Hbond substituents is 1. The lowest BCUT2D eigenvalue weighted by molar-refractivity contribution is -0.131. The highest BCUT2D eigenvalue weighted by Gasteiger charge is 2.19. The van der Waals surface area contributed by atoms with Crippen molar-refractivity contribution in [3.8, 4) is 5.75 Å². The summed E-state index contributed by atoms with van der Waals surface area (Å²) in [7, 11) is 1.78. The van der Waals surface area contributed by atoms with Crippen molar-refractivity contribution in [3.05, 3.63) is 51.7 Å². The van der Waals surface area contributed by atoms with Crippen LogP contribution in [0.3, 0.4) is 0 Å². The van der Waals surface area contributed by atoms with Gasteiger partial charge in [-0.2, -0.15) is 0 Å². The van der Waals surface area contributed by atoms with Crippen LogP contribution in [0.25, 0.3) is 0 Å². The molecule has 0 saturated heterocycles. The van der Waals surface area contributed by atoms with Crippen molar-refractivity contribution in [3.63, 3.8) is 0 Å². The Morgan fingerprint density at radius 1 is 1.33 bits per heavy atom. The molecule has 4 nitrogen and oxygen atoms in total. The maximum absolute atomic E-state index is 12.3. The number of nitrogens with two attached hydrogens (primary N) is 1. The normalized spacial score (nSPS) is 12.1. The van der Waals surface area contributed by atoms with E-state index in [9.17, 15) is 9.90 Å². The number of benzene rings is 1. The van der Waals surface area contributed by atoms with Crippen LogP contribution in [-0.2, 0) is 17.8 Å². The molecule has 21 heavy (non-hydrogen) atoms. The fraction of sp³-hybridized carbons (Fsp3) is 0.312. The van der Waals surface area contributed by atoms with E-state index in [2.05, 4.69) is 6.07 Å². The Hall–Kier alpha value is -1.85. The summed E-state index contributed by atoms with van der Waals surface area (Å²) >= 11 is 1.65. The second-order valence-corrected chi connectivity index (χ2v) is 6.20. The Morgan fingerprint density at radius 2 is 2.00 bits per heavy atom. The largest absolute Gasteiger partial charge is 0.508 e. The molecule has 0 fully saturated rings. The standard InChI is InChI=1S/C16H20N2O2S/c1-11-7-8-21-15(11)10-18(2)16(20)14(17)9-12-3-5-13(19)6-4-12/h3-8,14,19H,9-10,17H2,1-2H3/t14-/m1/s1. The minimum Gasteiger partial charge on any atom is -0.508 e. The molecule has 112 valence electrons. The van der Waals surface area contributed by atoms with E-state index in [1.54, 1.807) is 47.5 Å². The average Bonchev–Trinajstić information content (AvgIpc) is 2.86. The molecule has 3 N–H and O–H groups in total. The fourth-order valence-electron chi connectivity index (χ4n) is 2.12. The summed E-state index contributed by atoms with van der Waals surface area (Å²) in [6.07, 6.45) is 0.465. The van der Waals surface area contributed by atoms with Gasteiger partial charge in [-0.1, -0.05) is 12.1 Å². The highest BCUT2D eigenvalue weighted by atomic mass is 32.1. The summed E-state index contributed by atoms with van der Waals surface area (Å²) in [5.41, 5.74) is 8.14. The van der Waals surface area contributed by atoms with Crippen LogP contribution in [0.2, 0.25) is 0 Å². The highest BCUT2D eigenvalue weighted by Crippen LogP contribution is 2.18. The van der Waals surface area contributed by atoms with E-state index in [0.29, 0.717) is 13.0 Å². The first-order valence-corrected chi connectivity index (χ1v) is 7.66. The minimum atomic E-state index is -0.570. The third-order valence-electron chi connectivity index (χ3n) is 3.43. The molecule has 1 aromatic heterocycles. The van der Waals surface area contributed by atoms with Crippen LogP contribution in [0.1, 0.15) is 16.0 Å². The summed E-state index contributed by atoms with van der Waals surface area (Å²) in [5, 5.41) is 11.3. The molecular weight excluding hydrogens is 284 g/mol. The number of carbonyl (C=O) groups is 1. The Balaban J connectivity index is 1.95. The van der Waals surface area contributed by atoms with Crippen molar-refractivity contribution in [2.45, 2.75) is 25.9 Å². The number of rotatable bonds is 5. The summed E-state index contributed by atoms with van der Waals surface area (Å²) in [5.74, 6) is 0.139. The predicted octanol–water partition coefficient (Wildman–Crippen LogP) is 2.29. The lowest BCUT2D eigenvalue weighted by atomic mass is 10.1. The molecule has 0 saturated carbocycles. The van der Waals surface area contributed by atoms with Gasteiger partial charge in [0, 0.05) is 11.9 Å². The molecule has 2 aromatic rings. The highest BCUT2D eigenvalue weighted by molar-refractivity contribution is 7.10. The molecule has 0 aliphatic rings. The molecule has 1 atom stereocenters. The molecule has 1 amide bonds. The zero-order chi connectivity index (χ0) is 15.4. The number of aryl methyl sites for hydroxylation is 1. The monoisotopic (exact) mass is 304 g/mol. The quantitative estimate of drug-likeness (QED) is 0.890. The van der Waals surface area contributed by atoms with Gasteiger partial charge < -0.3 is 15.7 Å². The maximum Gasteiger partial charge on any atom is 0.239 e. The van der Waals surface area contributed by atoms with Gasteiger partial charge in [-0.25, -0.2) is 0 Å². The maximum atomic E-state index is 12.3. The Kier molecular flexibility index (Phi) is 4.98.